The van der Waals surface area contributed by atoms with Gasteiger partial charge in [0.1, 0.15) is 12.1 Å². The molecule has 5 nitrogen and oxygen atoms in total. The van der Waals surface area contributed by atoms with E-state index in [1.165, 1.54) is 0 Å². The lowest BCUT2D eigenvalue weighted by Gasteiger charge is -2.35. The van der Waals surface area contributed by atoms with E-state index in [1.807, 2.05) is 13.8 Å². The molecule has 1 fully saturated rings. The number of rotatable bonds is 4. The van der Waals surface area contributed by atoms with Crippen LogP contribution < -0.4 is 5.32 Å². The first-order valence-electron chi connectivity index (χ1n) is 8.17. The van der Waals surface area contributed by atoms with Gasteiger partial charge in [-0.05, 0) is 26.7 Å². The summed E-state index contributed by atoms with van der Waals surface area (Å²) in [5, 5.41) is 13.4. The minimum absolute atomic E-state index is 0.0371. The molecular weight excluding hydrogens is 276 g/mol. The second kappa shape index (κ2) is 6.50. The lowest BCUT2D eigenvalue weighted by molar-refractivity contribution is 0.0291. The topological polar surface area (TPSA) is 61.3 Å². The number of hydrogen-bond acceptors (Lipinski definition) is 5. The highest BCUT2D eigenvalue weighted by molar-refractivity contribution is 5.37. The molecule has 2 rings (SSSR count). The number of likely N-dealkylation sites (tertiary alicyclic amines) is 1. The molecule has 0 radical (unpaired) electrons. The van der Waals surface area contributed by atoms with Crippen molar-refractivity contribution < 1.29 is 5.11 Å². The summed E-state index contributed by atoms with van der Waals surface area (Å²) in [5.74, 6) is 0.917. The van der Waals surface area contributed by atoms with Gasteiger partial charge >= 0.3 is 0 Å². The third-order valence-corrected chi connectivity index (χ3v) is 3.99. The van der Waals surface area contributed by atoms with Crippen LogP contribution in [0.5, 0.6) is 0 Å². The summed E-state index contributed by atoms with van der Waals surface area (Å²) in [6.07, 6.45) is 3.79. The van der Waals surface area contributed by atoms with Crippen LogP contribution in [-0.2, 0) is 5.41 Å². The van der Waals surface area contributed by atoms with Crippen LogP contribution >= 0.6 is 0 Å². The Kier molecular flexibility index (Phi) is 5.07. The molecular formula is C17H30N4O. The van der Waals surface area contributed by atoms with Crippen LogP contribution in [0, 0.1) is 0 Å². The lowest BCUT2D eigenvalue weighted by atomic mass is 9.92. The molecule has 1 aliphatic rings. The summed E-state index contributed by atoms with van der Waals surface area (Å²) in [7, 11) is 0. The van der Waals surface area contributed by atoms with Crippen LogP contribution in [0.3, 0.4) is 0 Å². The first-order chi connectivity index (χ1) is 10.1. The largest absolute Gasteiger partial charge is 0.389 e. The van der Waals surface area contributed by atoms with Gasteiger partial charge in [-0.25, -0.2) is 9.97 Å². The van der Waals surface area contributed by atoms with Gasteiger partial charge in [0.05, 0.1) is 11.3 Å². The molecule has 0 aromatic carbocycles. The van der Waals surface area contributed by atoms with Gasteiger partial charge in [0.25, 0.3) is 0 Å². The Morgan fingerprint density at radius 3 is 2.36 bits per heavy atom. The molecule has 2 N–H and O–H groups in total. The molecule has 0 saturated carbocycles. The third-order valence-electron chi connectivity index (χ3n) is 3.99. The molecule has 2 heterocycles. The Balaban J connectivity index is 1.89. The second-order valence-electron chi connectivity index (χ2n) is 8.05. The zero-order valence-corrected chi connectivity index (χ0v) is 14.6. The second-order valence-corrected chi connectivity index (χ2v) is 8.05. The number of β-amino-alcohol motifs (C(OH)–C–C–N with tert-alkyl or cyclic N) is 1. The summed E-state index contributed by atoms with van der Waals surface area (Å²) in [6.45, 7) is 13.0. The number of anilines is 1. The van der Waals surface area contributed by atoms with Gasteiger partial charge in [-0.1, -0.05) is 20.8 Å². The average Bonchev–Trinajstić information content (AvgIpc) is 2.39. The summed E-state index contributed by atoms with van der Waals surface area (Å²) in [4.78, 5) is 11.1. The first-order valence-corrected chi connectivity index (χ1v) is 8.17. The molecule has 1 aromatic rings. The third kappa shape index (κ3) is 5.21. The molecule has 1 aromatic heterocycles. The van der Waals surface area contributed by atoms with Gasteiger partial charge in [-0.15, -0.1) is 0 Å². The number of piperidine rings is 1. The molecule has 22 heavy (non-hydrogen) atoms. The Labute approximate surface area is 134 Å². The van der Waals surface area contributed by atoms with Crippen LogP contribution in [-0.4, -0.2) is 51.3 Å². The highest BCUT2D eigenvalue weighted by atomic mass is 16.3. The van der Waals surface area contributed by atoms with E-state index in [0.29, 0.717) is 6.04 Å². The highest BCUT2D eigenvalue weighted by Gasteiger charge is 2.24. The van der Waals surface area contributed by atoms with Crippen molar-refractivity contribution in [3.8, 4) is 0 Å². The fourth-order valence-electron chi connectivity index (χ4n) is 2.84. The minimum atomic E-state index is -0.617. The van der Waals surface area contributed by atoms with Crippen molar-refractivity contribution in [2.75, 3.05) is 25.0 Å². The zero-order chi connectivity index (χ0) is 16.4. The first kappa shape index (κ1) is 17.2. The fourth-order valence-corrected chi connectivity index (χ4v) is 2.84. The van der Waals surface area contributed by atoms with Crippen molar-refractivity contribution in [2.45, 2.75) is 64.5 Å². The van der Waals surface area contributed by atoms with Crippen LogP contribution in [0.25, 0.3) is 0 Å². The summed E-state index contributed by atoms with van der Waals surface area (Å²) in [6, 6.07) is 2.50. The Hall–Kier alpha value is -1.20. The van der Waals surface area contributed by atoms with Gasteiger partial charge in [-0.3, -0.25) is 0 Å². The van der Waals surface area contributed by atoms with E-state index in [-0.39, 0.29) is 5.41 Å². The highest BCUT2D eigenvalue weighted by Crippen LogP contribution is 2.22. The standard InChI is InChI=1S/C17H30N4O/c1-16(2,3)14-10-15(19-12-18-14)20-13-6-8-21(9-7-13)11-17(4,5)22/h10,12-13,22H,6-9,11H2,1-5H3,(H,18,19,20). The number of aromatic nitrogens is 2. The maximum absolute atomic E-state index is 9.90. The summed E-state index contributed by atoms with van der Waals surface area (Å²) >= 11 is 0. The molecule has 1 aliphatic heterocycles. The summed E-state index contributed by atoms with van der Waals surface area (Å²) < 4.78 is 0. The molecule has 0 spiro atoms. The minimum Gasteiger partial charge on any atom is -0.389 e. The molecule has 0 atom stereocenters. The monoisotopic (exact) mass is 306 g/mol. The zero-order valence-electron chi connectivity index (χ0n) is 14.6. The molecule has 0 bridgehead atoms. The van der Waals surface area contributed by atoms with E-state index in [2.05, 4.69) is 47.0 Å². The van der Waals surface area contributed by atoms with Crippen LogP contribution in [0.4, 0.5) is 5.82 Å². The van der Waals surface area contributed by atoms with E-state index in [4.69, 9.17) is 0 Å². The van der Waals surface area contributed by atoms with Gasteiger partial charge in [0.15, 0.2) is 0 Å². The number of nitrogens with one attached hydrogen (secondary N) is 1. The van der Waals surface area contributed by atoms with Crippen molar-refractivity contribution in [1.29, 1.82) is 0 Å². The normalized spacial score (nSPS) is 18.5. The van der Waals surface area contributed by atoms with E-state index in [1.54, 1.807) is 6.33 Å². The van der Waals surface area contributed by atoms with Gasteiger partial charge < -0.3 is 15.3 Å². The lowest BCUT2D eigenvalue weighted by Crippen LogP contribution is -2.45. The smallest absolute Gasteiger partial charge is 0.129 e. The average molecular weight is 306 g/mol. The molecule has 5 heteroatoms. The maximum Gasteiger partial charge on any atom is 0.129 e. The predicted molar refractivity (Wildman–Crippen MR) is 90.1 cm³/mol. The van der Waals surface area contributed by atoms with Crippen molar-refractivity contribution in [3.63, 3.8) is 0 Å². The molecule has 0 unspecified atom stereocenters. The van der Waals surface area contributed by atoms with Gasteiger partial charge in [0.2, 0.25) is 0 Å². The predicted octanol–water partition coefficient (Wildman–Crippen LogP) is 2.42. The molecule has 1 saturated heterocycles. The Bertz CT molecular complexity index is 482. The SMILES string of the molecule is CC(C)(O)CN1CCC(Nc2cc(C(C)(C)C)ncn2)CC1. The van der Waals surface area contributed by atoms with E-state index in [0.717, 1.165) is 44.0 Å². The van der Waals surface area contributed by atoms with Crippen molar-refractivity contribution in [1.82, 2.24) is 14.9 Å². The summed E-state index contributed by atoms with van der Waals surface area (Å²) in [5.41, 5.74) is 0.480. The van der Waals surface area contributed by atoms with Crippen LogP contribution in [0.15, 0.2) is 12.4 Å². The van der Waals surface area contributed by atoms with Crippen LogP contribution in [0.1, 0.15) is 53.2 Å². The quantitative estimate of drug-likeness (QED) is 0.894. The molecule has 0 aliphatic carbocycles. The van der Waals surface area contributed by atoms with Gasteiger partial charge in [-0.2, -0.15) is 0 Å². The maximum atomic E-state index is 9.90. The van der Waals surface area contributed by atoms with E-state index >= 15 is 0 Å². The van der Waals surface area contributed by atoms with Crippen molar-refractivity contribution in [2.24, 2.45) is 0 Å². The van der Waals surface area contributed by atoms with Gasteiger partial charge in [0, 0.05) is 37.2 Å². The molecule has 124 valence electrons. The van der Waals surface area contributed by atoms with E-state index in [9.17, 15) is 5.11 Å². The van der Waals surface area contributed by atoms with Crippen molar-refractivity contribution >= 4 is 5.82 Å². The van der Waals surface area contributed by atoms with Crippen molar-refractivity contribution in [3.05, 3.63) is 18.1 Å². The fraction of sp³-hybridized carbons (Fsp3) is 0.765. The van der Waals surface area contributed by atoms with E-state index < -0.39 is 5.60 Å². The Morgan fingerprint density at radius 2 is 1.82 bits per heavy atom. The Morgan fingerprint density at radius 1 is 1.18 bits per heavy atom. The number of aliphatic hydroxyl groups is 1. The van der Waals surface area contributed by atoms with Crippen LogP contribution in [0.2, 0.25) is 0 Å². The molecule has 0 amide bonds. The number of hydrogen-bond donors (Lipinski definition) is 2. The number of nitrogens with zero attached hydrogens (tertiary/aromatic N) is 3.